The first-order valence-electron chi connectivity index (χ1n) is 9.63. The quantitative estimate of drug-likeness (QED) is 0.865. The SMILES string of the molecule is CN(C)C1(c2cccc(F)c2)CCC2(CC1)CN(c1cnc(C#N)nc1)C(=O)N2. The minimum absolute atomic E-state index is 0.0756. The van der Waals surface area contributed by atoms with E-state index < -0.39 is 0 Å². The first kappa shape index (κ1) is 19.3. The molecule has 1 aromatic carbocycles. The summed E-state index contributed by atoms with van der Waals surface area (Å²) >= 11 is 0. The van der Waals surface area contributed by atoms with E-state index in [1.807, 2.05) is 26.2 Å². The molecule has 0 unspecified atom stereocenters. The third kappa shape index (κ3) is 3.32. The summed E-state index contributed by atoms with van der Waals surface area (Å²) in [6.45, 7) is 0.522. The summed E-state index contributed by atoms with van der Waals surface area (Å²) < 4.78 is 13.9. The van der Waals surface area contributed by atoms with Crippen LogP contribution in [0.2, 0.25) is 0 Å². The fourth-order valence-corrected chi connectivity index (χ4v) is 4.63. The molecule has 150 valence electrons. The van der Waals surface area contributed by atoms with Gasteiger partial charge in [-0.3, -0.25) is 9.80 Å². The van der Waals surface area contributed by atoms with E-state index in [0.717, 1.165) is 31.2 Å². The average Bonchev–Trinajstić information content (AvgIpc) is 3.04. The van der Waals surface area contributed by atoms with Crippen molar-refractivity contribution in [1.82, 2.24) is 20.2 Å². The molecule has 1 N–H and O–H groups in total. The molecule has 4 rings (SSSR count). The summed E-state index contributed by atoms with van der Waals surface area (Å²) in [6.07, 6.45) is 6.18. The number of hydrogen-bond donors (Lipinski definition) is 1. The van der Waals surface area contributed by atoms with Gasteiger partial charge < -0.3 is 5.32 Å². The number of aromatic nitrogens is 2. The maximum atomic E-state index is 13.9. The van der Waals surface area contributed by atoms with Crippen LogP contribution in [0.25, 0.3) is 0 Å². The van der Waals surface area contributed by atoms with Gasteiger partial charge in [0.05, 0.1) is 30.2 Å². The van der Waals surface area contributed by atoms with Crippen LogP contribution in [-0.2, 0) is 5.54 Å². The molecule has 1 aliphatic heterocycles. The molecule has 0 bridgehead atoms. The molecule has 8 heteroatoms. The van der Waals surface area contributed by atoms with E-state index >= 15 is 0 Å². The van der Waals surface area contributed by atoms with Crippen LogP contribution in [0.15, 0.2) is 36.7 Å². The highest BCUT2D eigenvalue weighted by atomic mass is 19.1. The van der Waals surface area contributed by atoms with Crippen molar-refractivity contribution in [3.8, 4) is 6.07 Å². The number of urea groups is 1. The van der Waals surface area contributed by atoms with Gasteiger partial charge in [0.15, 0.2) is 0 Å². The zero-order valence-corrected chi connectivity index (χ0v) is 16.5. The summed E-state index contributed by atoms with van der Waals surface area (Å²) in [4.78, 5) is 24.4. The van der Waals surface area contributed by atoms with Gasteiger partial charge in [0.25, 0.3) is 0 Å². The summed E-state index contributed by atoms with van der Waals surface area (Å²) in [5.74, 6) is -0.156. The number of carbonyl (C=O) groups excluding carboxylic acids is 1. The number of rotatable bonds is 3. The number of anilines is 1. The van der Waals surface area contributed by atoms with Gasteiger partial charge in [0.2, 0.25) is 5.82 Å². The molecule has 2 aliphatic rings. The Labute approximate surface area is 169 Å². The molecule has 2 fully saturated rings. The van der Waals surface area contributed by atoms with Crippen LogP contribution in [0.3, 0.4) is 0 Å². The molecule has 2 aromatic rings. The Hall–Kier alpha value is -3.05. The highest BCUT2D eigenvalue weighted by molar-refractivity contribution is 5.95. The number of halogens is 1. The average molecular weight is 394 g/mol. The summed E-state index contributed by atoms with van der Waals surface area (Å²) in [5.41, 5.74) is 0.952. The Bertz CT molecular complexity index is 960. The van der Waals surface area contributed by atoms with E-state index in [-0.39, 0.29) is 28.8 Å². The van der Waals surface area contributed by atoms with Crippen molar-refractivity contribution in [2.75, 3.05) is 25.5 Å². The summed E-state index contributed by atoms with van der Waals surface area (Å²) in [6, 6.07) is 8.52. The highest BCUT2D eigenvalue weighted by Gasteiger charge is 2.50. The topological polar surface area (TPSA) is 85.2 Å². The first-order chi connectivity index (χ1) is 13.9. The molecule has 29 heavy (non-hydrogen) atoms. The molecular weight excluding hydrogens is 371 g/mol. The normalized spacial score (nSPS) is 26.6. The zero-order valence-electron chi connectivity index (χ0n) is 16.5. The number of benzene rings is 1. The number of nitrogens with one attached hydrogen (secondary N) is 1. The van der Waals surface area contributed by atoms with Crippen molar-refractivity contribution < 1.29 is 9.18 Å². The second kappa shape index (κ2) is 7.08. The van der Waals surface area contributed by atoms with E-state index in [4.69, 9.17) is 5.26 Å². The fourth-order valence-electron chi connectivity index (χ4n) is 4.63. The predicted molar refractivity (Wildman–Crippen MR) is 106 cm³/mol. The van der Waals surface area contributed by atoms with Crippen molar-refractivity contribution in [2.24, 2.45) is 0 Å². The lowest BCUT2D eigenvalue weighted by Gasteiger charge is -2.48. The molecule has 0 radical (unpaired) electrons. The van der Waals surface area contributed by atoms with Gasteiger partial charge in [-0.15, -0.1) is 0 Å². The van der Waals surface area contributed by atoms with Gasteiger partial charge in [-0.1, -0.05) is 12.1 Å². The molecule has 1 aliphatic carbocycles. The third-order valence-electron chi connectivity index (χ3n) is 6.38. The molecule has 1 saturated heterocycles. The van der Waals surface area contributed by atoms with Crippen LogP contribution in [0.1, 0.15) is 37.1 Å². The number of amides is 2. The van der Waals surface area contributed by atoms with Crippen molar-refractivity contribution in [3.05, 3.63) is 53.9 Å². The monoisotopic (exact) mass is 394 g/mol. The van der Waals surface area contributed by atoms with Crippen molar-refractivity contribution >= 4 is 11.7 Å². The summed E-state index contributed by atoms with van der Waals surface area (Å²) in [5, 5.41) is 12.0. The van der Waals surface area contributed by atoms with Crippen LogP contribution >= 0.6 is 0 Å². The molecule has 7 nitrogen and oxygen atoms in total. The van der Waals surface area contributed by atoms with E-state index in [1.54, 1.807) is 17.0 Å². The Kier molecular flexibility index (Phi) is 4.71. The molecule has 1 saturated carbocycles. The van der Waals surface area contributed by atoms with E-state index in [2.05, 4.69) is 20.2 Å². The van der Waals surface area contributed by atoms with Crippen molar-refractivity contribution in [3.63, 3.8) is 0 Å². The van der Waals surface area contributed by atoms with Crippen LogP contribution in [0, 0.1) is 17.1 Å². The summed E-state index contributed by atoms with van der Waals surface area (Å²) in [7, 11) is 4.05. The van der Waals surface area contributed by atoms with E-state index in [1.165, 1.54) is 18.5 Å². The highest BCUT2D eigenvalue weighted by Crippen LogP contribution is 2.46. The van der Waals surface area contributed by atoms with Crippen LogP contribution < -0.4 is 10.2 Å². The zero-order chi connectivity index (χ0) is 20.6. The predicted octanol–water partition coefficient (Wildman–Crippen LogP) is 2.79. The Balaban J connectivity index is 1.55. The van der Waals surface area contributed by atoms with Crippen LogP contribution in [0.5, 0.6) is 0 Å². The van der Waals surface area contributed by atoms with Crippen molar-refractivity contribution in [1.29, 1.82) is 5.26 Å². The lowest BCUT2D eigenvalue weighted by atomic mass is 9.69. The standard InChI is InChI=1S/C21H23FN6O/c1-27(2)21(15-4-3-5-16(22)10-15)8-6-20(7-9-21)14-28(19(29)26-20)17-12-24-18(11-23)25-13-17/h3-5,10,12-13H,6-9,14H2,1-2H3,(H,26,29). The van der Waals surface area contributed by atoms with Gasteiger partial charge in [0.1, 0.15) is 11.9 Å². The Morgan fingerprint density at radius 1 is 1.21 bits per heavy atom. The molecule has 2 heterocycles. The van der Waals surface area contributed by atoms with E-state index in [0.29, 0.717) is 12.2 Å². The Morgan fingerprint density at radius 2 is 1.90 bits per heavy atom. The molecule has 1 spiro atoms. The van der Waals surface area contributed by atoms with E-state index in [9.17, 15) is 9.18 Å². The van der Waals surface area contributed by atoms with Crippen LogP contribution in [-0.4, -0.2) is 47.1 Å². The first-order valence-corrected chi connectivity index (χ1v) is 9.63. The Morgan fingerprint density at radius 3 is 2.48 bits per heavy atom. The lowest BCUT2D eigenvalue weighted by Crippen LogP contribution is -2.54. The molecule has 2 amide bonds. The minimum Gasteiger partial charge on any atom is -0.330 e. The second-order valence-electron chi connectivity index (χ2n) is 8.11. The molecule has 0 atom stereocenters. The number of nitrogens with zero attached hydrogens (tertiary/aromatic N) is 5. The fraction of sp³-hybridized carbons (Fsp3) is 0.429. The third-order valence-corrected chi connectivity index (χ3v) is 6.38. The second-order valence-corrected chi connectivity index (χ2v) is 8.11. The number of nitriles is 1. The van der Waals surface area contributed by atoms with Gasteiger partial charge >= 0.3 is 6.03 Å². The maximum absolute atomic E-state index is 13.9. The van der Waals surface area contributed by atoms with Gasteiger partial charge in [-0.25, -0.2) is 19.2 Å². The van der Waals surface area contributed by atoms with Gasteiger partial charge in [0, 0.05) is 5.54 Å². The van der Waals surface area contributed by atoms with Crippen LogP contribution in [0.4, 0.5) is 14.9 Å². The number of carbonyl (C=O) groups is 1. The largest absolute Gasteiger partial charge is 0.330 e. The molecule has 1 aromatic heterocycles. The maximum Gasteiger partial charge on any atom is 0.322 e. The smallest absolute Gasteiger partial charge is 0.322 e. The molecular formula is C21H23FN6O. The lowest BCUT2D eigenvalue weighted by molar-refractivity contribution is 0.0655. The minimum atomic E-state index is -0.335. The number of hydrogen-bond acceptors (Lipinski definition) is 5. The van der Waals surface area contributed by atoms with Crippen molar-refractivity contribution in [2.45, 2.75) is 36.8 Å². The van der Waals surface area contributed by atoms with Gasteiger partial charge in [-0.2, -0.15) is 5.26 Å². The van der Waals surface area contributed by atoms with Gasteiger partial charge in [-0.05, 0) is 57.5 Å².